The molecule has 0 aromatic heterocycles. The van der Waals surface area contributed by atoms with Gasteiger partial charge in [0.25, 0.3) is 5.91 Å². The van der Waals surface area contributed by atoms with Crippen LogP contribution in [0, 0.1) is 0 Å². The van der Waals surface area contributed by atoms with Crippen molar-refractivity contribution in [3.05, 3.63) is 42.5 Å². The average Bonchev–Trinajstić information content (AvgIpc) is 2.37. The Bertz CT molecular complexity index is 441. The van der Waals surface area contributed by atoms with Gasteiger partial charge in [-0.2, -0.15) is 0 Å². The number of hydrogen-bond acceptors (Lipinski definition) is 2. The van der Waals surface area contributed by atoms with Gasteiger partial charge in [0, 0.05) is 13.0 Å². The number of carbonyl (C=O) groups excluding carboxylic acids is 2. The summed E-state index contributed by atoms with van der Waals surface area (Å²) in [5.74, 6) is -0.302. The molecule has 1 aromatic carbocycles. The lowest BCUT2D eigenvalue weighted by Gasteiger charge is -2.10. The van der Waals surface area contributed by atoms with Crippen molar-refractivity contribution in [1.29, 1.82) is 0 Å². The van der Waals surface area contributed by atoms with Crippen LogP contribution in [0.4, 0.5) is 5.69 Å². The molecule has 0 aliphatic heterocycles. The van der Waals surface area contributed by atoms with Crippen molar-refractivity contribution in [1.82, 2.24) is 5.32 Å². The lowest BCUT2D eigenvalue weighted by Crippen LogP contribution is -2.25. The van der Waals surface area contributed by atoms with Crippen molar-refractivity contribution in [3.8, 4) is 0 Å². The van der Waals surface area contributed by atoms with Crippen LogP contribution in [0.5, 0.6) is 0 Å². The Morgan fingerprint density at radius 2 is 2.06 bits per heavy atom. The summed E-state index contributed by atoms with van der Waals surface area (Å²) >= 11 is 0. The lowest BCUT2D eigenvalue weighted by atomic mass is 10.1. The molecule has 0 heterocycles. The van der Waals surface area contributed by atoms with Crippen LogP contribution in [0.3, 0.4) is 0 Å². The SMILES string of the molecule is C=CCNC(=O)c1ccccc1NC(=O)CCC. The second kappa shape index (κ2) is 7.27. The van der Waals surface area contributed by atoms with E-state index in [0.29, 0.717) is 24.2 Å². The molecular formula is C14H18N2O2. The number of rotatable bonds is 6. The smallest absolute Gasteiger partial charge is 0.253 e. The number of hydrogen-bond donors (Lipinski definition) is 2. The van der Waals surface area contributed by atoms with Gasteiger partial charge in [-0.1, -0.05) is 25.1 Å². The second-order valence-corrected chi connectivity index (χ2v) is 3.84. The van der Waals surface area contributed by atoms with Gasteiger partial charge in [-0.05, 0) is 18.6 Å². The third-order valence-electron chi connectivity index (χ3n) is 2.33. The summed E-state index contributed by atoms with van der Waals surface area (Å²) in [7, 11) is 0. The first kappa shape index (κ1) is 14.0. The lowest BCUT2D eigenvalue weighted by molar-refractivity contribution is -0.116. The van der Waals surface area contributed by atoms with Crippen molar-refractivity contribution >= 4 is 17.5 Å². The number of para-hydroxylation sites is 1. The predicted molar refractivity (Wildman–Crippen MR) is 72.5 cm³/mol. The fraction of sp³-hybridized carbons (Fsp3) is 0.286. The Kier molecular flexibility index (Phi) is 5.64. The van der Waals surface area contributed by atoms with E-state index in [1.54, 1.807) is 30.3 Å². The van der Waals surface area contributed by atoms with Gasteiger partial charge >= 0.3 is 0 Å². The van der Waals surface area contributed by atoms with Crippen LogP contribution in [0.2, 0.25) is 0 Å². The van der Waals surface area contributed by atoms with Crippen LogP contribution in [0.15, 0.2) is 36.9 Å². The van der Waals surface area contributed by atoms with Gasteiger partial charge in [0.1, 0.15) is 0 Å². The molecule has 96 valence electrons. The van der Waals surface area contributed by atoms with E-state index in [9.17, 15) is 9.59 Å². The highest BCUT2D eigenvalue weighted by molar-refractivity contribution is 6.03. The quantitative estimate of drug-likeness (QED) is 0.757. The molecule has 0 aliphatic carbocycles. The first-order valence-corrected chi connectivity index (χ1v) is 5.97. The van der Waals surface area contributed by atoms with Crippen molar-refractivity contribution in [3.63, 3.8) is 0 Å². The summed E-state index contributed by atoms with van der Waals surface area (Å²) in [6.45, 7) is 5.87. The highest BCUT2D eigenvalue weighted by atomic mass is 16.2. The van der Waals surface area contributed by atoms with Gasteiger partial charge in [0.15, 0.2) is 0 Å². The molecule has 1 rings (SSSR count). The molecule has 1 aromatic rings. The Morgan fingerprint density at radius 3 is 2.72 bits per heavy atom. The second-order valence-electron chi connectivity index (χ2n) is 3.84. The Morgan fingerprint density at radius 1 is 1.33 bits per heavy atom. The van der Waals surface area contributed by atoms with Crippen LogP contribution < -0.4 is 10.6 Å². The maximum absolute atomic E-state index is 11.9. The minimum atomic E-state index is -0.220. The summed E-state index contributed by atoms with van der Waals surface area (Å²) in [6, 6.07) is 6.94. The first-order chi connectivity index (χ1) is 8.69. The van der Waals surface area contributed by atoms with E-state index in [1.165, 1.54) is 0 Å². The maximum Gasteiger partial charge on any atom is 0.253 e. The number of nitrogens with one attached hydrogen (secondary N) is 2. The predicted octanol–water partition coefficient (Wildman–Crippen LogP) is 2.34. The number of amides is 2. The molecule has 2 N–H and O–H groups in total. The van der Waals surface area contributed by atoms with Crippen LogP contribution in [-0.4, -0.2) is 18.4 Å². The van der Waals surface area contributed by atoms with Gasteiger partial charge in [-0.3, -0.25) is 9.59 Å². The van der Waals surface area contributed by atoms with Crippen molar-refractivity contribution in [2.24, 2.45) is 0 Å². The van der Waals surface area contributed by atoms with E-state index in [4.69, 9.17) is 0 Å². The summed E-state index contributed by atoms with van der Waals surface area (Å²) in [6.07, 6.45) is 2.83. The Labute approximate surface area is 107 Å². The Hall–Kier alpha value is -2.10. The standard InChI is InChI=1S/C14H18N2O2/c1-3-7-13(17)16-12-9-6-5-8-11(12)14(18)15-10-4-2/h4-6,8-9H,2-3,7,10H2,1H3,(H,15,18)(H,16,17). The third-order valence-corrected chi connectivity index (χ3v) is 2.33. The van der Waals surface area contributed by atoms with Crippen molar-refractivity contribution in [2.45, 2.75) is 19.8 Å². The van der Waals surface area contributed by atoms with E-state index >= 15 is 0 Å². The molecule has 0 spiro atoms. The zero-order valence-electron chi connectivity index (χ0n) is 10.5. The summed E-state index contributed by atoms with van der Waals surface area (Å²) in [5.41, 5.74) is 1.00. The van der Waals surface area contributed by atoms with E-state index in [0.717, 1.165) is 6.42 Å². The fourth-order valence-corrected chi connectivity index (χ4v) is 1.49. The van der Waals surface area contributed by atoms with Gasteiger partial charge in [-0.15, -0.1) is 6.58 Å². The van der Waals surface area contributed by atoms with Crippen LogP contribution in [0.25, 0.3) is 0 Å². The first-order valence-electron chi connectivity index (χ1n) is 5.97. The summed E-state index contributed by atoms with van der Waals surface area (Å²) in [4.78, 5) is 23.4. The van der Waals surface area contributed by atoms with Gasteiger partial charge in [0.05, 0.1) is 11.3 Å². The fourth-order valence-electron chi connectivity index (χ4n) is 1.49. The molecule has 0 saturated carbocycles. The van der Waals surface area contributed by atoms with E-state index in [1.807, 2.05) is 6.92 Å². The monoisotopic (exact) mass is 246 g/mol. The molecule has 4 nitrogen and oxygen atoms in total. The molecule has 0 saturated heterocycles. The number of carbonyl (C=O) groups is 2. The van der Waals surface area contributed by atoms with Gasteiger partial charge < -0.3 is 10.6 Å². The minimum Gasteiger partial charge on any atom is -0.349 e. The van der Waals surface area contributed by atoms with Crippen LogP contribution in [-0.2, 0) is 4.79 Å². The largest absolute Gasteiger partial charge is 0.349 e. The zero-order chi connectivity index (χ0) is 13.4. The summed E-state index contributed by atoms with van der Waals surface area (Å²) in [5, 5.41) is 5.43. The zero-order valence-corrected chi connectivity index (χ0v) is 10.5. The van der Waals surface area contributed by atoms with Gasteiger partial charge in [-0.25, -0.2) is 0 Å². The topological polar surface area (TPSA) is 58.2 Å². The molecule has 4 heteroatoms. The van der Waals surface area contributed by atoms with Crippen molar-refractivity contribution < 1.29 is 9.59 Å². The molecular weight excluding hydrogens is 228 g/mol. The normalized spacial score (nSPS) is 9.61. The molecule has 0 fully saturated rings. The number of anilines is 1. The molecule has 0 bridgehead atoms. The molecule has 2 amide bonds. The highest BCUT2D eigenvalue weighted by Gasteiger charge is 2.11. The third kappa shape index (κ3) is 4.05. The van der Waals surface area contributed by atoms with Crippen molar-refractivity contribution in [2.75, 3.05) is 11.9 Å². The maximum atomic E-state index is 11.9. The molecule has 0 radical (unpaired) electrons. The van der Waals surface area contributed by atoms with Crippen LogP contribution in [0.1, 0.15) is 30.1 Å². The molecule has 0 unspecified atom stereocenters. The molecule has 0 atom stereocenters. The summed E-state index contributed by atoms with van der Waals surface area (Å²) < 4.78 is 0. The number of benzene rings is 1. The van der Waals surface area contributed by atoms with Crippen LogP contribution >= 0.6 is 0 Å². The molecule has 18 heavy (non-hydrogen) atoms. The van der Waals surface area contributed by atoms with E-state index in [-0.39, 0.29) is 11.8 Å². The van der Waals surface area contributed by atoms with E-state index in [2.05, 4.69) is 17.2 Å². The average molecular weight is 246 g/mol. The Balaban J connectivity index is 2.81. The minimum absolute atomic E-state index is 0.0820. The molecule has 0 aliphatic rings. The van der Waals surface area contributed by atoms with E-state index < -0.39 is 0 Å². The highest BCUT2D eigenvalue weighted by Crippen LogP contribution is 2.15. The van der Waals surface area contributed by atoms with Gasteiger partial charge in [0.2, 0.25) is 5.91 Å².